The molecule has 0 atom stereocenters. The zero-order chi connectivity index (χ0) is 14.0. The van der Waals surface area contributed by atoms with E-state index >= 15 is 0 Å². The van der Waals surface area contributed by atoms with E-state index in [0.29, 0.717) is 18.6 Å². The summed E-state index contributed by atoms with van der Waals surface area (Å²) in [5, 5.41) is 0.696. The minimum atomic E-state index is -0.335. The van der Waals surface area contributed by atoms with E-state index in [2.05, 4.69) is 31.2 Å². The highest BCUT2D eigenvalue weighted by molar-refractivity contribution is 8.02. The number of hydrogen-bond acceptors (Lipinski definition) is 3. The lowest BCUT2D eigenvalue weighted by Gasteiger charge is -2.32. The fraction of sp³-hybridized carbons (Fsp3) is 0.500. The van der Waals surface area contributed by atoms with Gasteiger partial charge in [-0.25, -0.2) is 0 Å². The van der Waals surface area contributed by atoms with Crippen LogP contribution in [0.25, 0.3) is 0 Å². The standard InChI is InChI=1S/C16H20O2S/c1-13-2-4-15(5-3-13)19-12-14-6-8-16(9-7-14)17-10-11-18-16/h2-5,12H,6-11H2,1H3/i12D. The Bertz CT molecular complexity index is 492. The van der Waals surface area contributed by atoms with Gasteiger partial charge in [0.25, 0.3) is 0 Å². The average Bonchev–Trinajstić information content (AvgIpc) is 2.90. The Morgan fingerprint density at radius 1 is 1.16 bits per heavy atom. The molecule has 0 N–H and O–H groups in total. The predicted molar refractivity (Wildman–Crippen MR) is 78.2 cm³/mol. The number of allylic oxidation sites excluding steroid dienone is 1. The lowest BCUT2D eigenvalue weighted by molar-refractivity contribution is -0.171. The van der Waals surface area contributed by atoms with Crippen LogP contribution in [0.2, 0.25) is 0 Å². The van der Waals surface area contributed by atoms with Gasteiger partial charge in [0, 0.05) is 17.7 Å². The molecule has 1 aromatic carbocycles. The second kappa shape index (κ2) is 5.70. The summed E-state index contributed by atoms with van der Waals surface area (Å²) in [6.45, 7) is 3.51. The summed E-state index contributed by atoms with van der Waals surface area (Å²) in [6, 6.07) is 8.36. The molecule has 2 nitrogen and oxygen atoms in total. The smallest absolute Gasteiger partial charge is 0.169 e. The zero-order valence-corrected chi connectivity index (χ0v) is 12.1. The van der Waals surface area contributed by atoms with E-state index in [1.54, 1.807) is 11.8 Å². The third-order valence-corrected chi connectivity index (χ3v) is 4.66. The highest BCUT2D eigenvalue weighted by Gasteiger charge is 2.38. The van der Waals surface area contributed by atoms with Gasteiger partial charge in [-0.3, -0.25) is 0 Å². The molecule has 1 spiro atoms. The monoisotopic (exact) mass is 277 g/mol. The summed E-state index contributed by atoms with van der Waals surface area (Å²) in [7, 11) is 0. The van der Waals surface area contributed by atoms with E-state index < -0.39 is 0 Å². The molecule has 102 valence electrons. The van der Waals surface area contributed by atoms with Crippen molar-refractivity contribution in [2.75, 3.05) is 13.2 Å². The third kappa shape index (κ3) is 3.22. The molecule has 3 rings (SSSR count). The minimum absolute atomic E-state index is 0.335. The van der Waals surface area contributed by atoms with Crippen molar-refractivity contribution in [1.29, 1.82) is 0 Å². The Kier molecular flexibility index (Phi) is 3.60. The second-order valence-electron chi connectivity index (χ2n) is 5.23. The summed E-state index contributed by atoms with van der Waals surface area (Å²) >= 11 is 1.55. The minimum Gasteiger partial charge on any atom is -0.348 e. The van der Waals surface area contributed by atoms with Gasteiger partial charge < -0.3 is 9.47 Å². The van der Waals surface area contributed by atoms with Crippen LogP contribution in [0.4, 0.5) is 0 Å². The molecule has 1 aliphatic carbocycles. The van der Waals surface area contributed by atoms with Gasteiger partial charge in [-0.1, -0.05) is 35.0 Å². The molecule has 2 aliphatic rings. The second-order valence-corrected chi connectivity index (χ2v) is 6.11. The normalized spacial score (nSPS) is 22.6. The number of ether oxygens (including phenoxy) is 2. The average molecular weight is 277 g/mol. The Morgan fingerprint density at radius 2 is 1.79 bits per heavy atom. The first-order chi connectivity index (χ1) is 9.67. The van der Waals surface area contributed by atoms with Crippen molar-refractivity contribution in [3.05, 3.63) is 40.8 Å². The van der Waals surface area contributed by atoms with Crippen molar-refractivity contribution < 1.29 is 10.8 Å². The van der Waals surface area contributed by atoms with Crippen LogP contribution in [0.1, 0.15) is 32.6 Å². The maximum atomic E-state index is 8.28. The van der Waals surface area contributed by atoms with Gasteiger partial charge in [0.1, 0.15) is 0 Å². The summed E-state index contributed by atoms with van der Waals surface area (Å²) < 4.78 is 19.7. The van der Waals surface area contributed by atoms with Gasteiger partial charge in [0.2, 0.25) is 0 Å². The molecule has 1 aliphatic heterocycles. The SMILES string of the molecule is [2H]C(Sc1ccc(C)cc1)=C1CCC2(CC1)OCCO2. The highest BCUT2D eigenvalue weighted by atomic mass is 32.2. The maximum absolute atomic E-state index is 8.28. The van der Waals surface area contributed by atoms with Crippen molar-refractivity contribution in [3.63, 3.8) is 0 Å². The molecule has 2 fully saturated rings. The molecule has 0 bridgehead atoms. The van der Waals surface area contributed by atoms with Crippen LogP contribution in [0.15, 0.2) is 40.1 Å². The van der Waals surface area contributed by atoms with Crippen LogP contribution in [0.5, 0.6) is 0 Å². The van der Waals surface area contributed by atoms with Crippen LogP contribution in [-0.2, 0) is 9.47 Å². The number of benzene rings is 1. The summed E-state index contributed by atoms with van der Waals surface area (Å²) in [5.74, 6) is -0.335. The molecule has 1 aromatic rings. The van der Waals surface area contributed by atoms with Gasteiger partial charge in [-0.05, 0) is 37.3 Å². The van der Waals surface area contributed by atoms with Gasteiger partial charge in [0.15, 0.2) is 5.79 Å². The predicted octanol–water partition coefficient (Wildman–Crippen LogP) is 4.29. The molecule has 0 radical (unpaired) electrons. The van der Waals surface area contributed by atoms with Crippen molar-refractivity contribution in [2.24, 2.45) is 0 Å². The first-order valence-electron chi connectivity index (χ1n) is 7.38. The lowest BCUT2D eigenvalue weighted by atomic mass is 9.91. The molecular weight excluding hydrogens is 256 g/mol. The molecule has 1 saturated carbocycles. The van der Waals surface area contributed by atoms with Gasteiger partial charge in [-0.2, -0.15) is 0 Å². The number of hydrogen-bond donors (Lipinski definition) is 0. The molecule has 3 heteroatoms. The van der Waals surface area contributed by atoms with E-state index in [4.69, 9.17) is 10.8 Å². The zero-order valence-electron chi connectivity index (χ0n) is 12.3. The van der Waals surface area contributed by atoms with E-state index in [9.17, 15) is 0 Å². The van der Waals surface area contributed by atoms with E-state index in [0.717, 1.165) is 30.6 Å². The first kappa shape index (κ1) is 12.0. The quantitative estimate of drug-likeness (QED) is 0.751. The van der Waals surface area contributed by atoms with Crippen LogP contribution in [-0.4, -0.2) is 19.0 Å². The van der Waals surface area contributed by atoms with Gasteiger partial charge in [-0.15, -0.1) is 0 Å². The summed E-state index contributed by atoms with van der Waals surface area (Å²) in [5.41, 5.74) is 2.49. The Morgan fingerprint density at radius 3 is 2.42 bits per heavy atom. The summed E-state index contributed by atoms with van der Waals surface area (Å²) in [6.07, 6.45) is 3.60. The van der Waals surface area contributed by atoms with Crippen molar-refractivity contribution in [1.82, 2.24) is 0 Å². The van der Waals surface area contributed by atoms with Crippen LogP contribution >= 0.6 is 11.8 Å². The highest BCUT2D eigenvalue weighted by Crippen LogP contribution is 2.39. The molecular formula is C16H20O2S. The van der Waals surface area contributed by atoms with Gasteiger partial charge >= 0.3 is 0 Å². The van der Waals surface area contributed by atoms with Gasteiger partial charge in [0.05, 0.1) is 14.6 Å². The molecule has 0 unspecified atom stereocenters. The largest absolute Gasteiger partial charge is 0.348 e. The Balaban J connectivity index is 1.64. The van der Waals surface area contributed by atoms with Crippen LogP contribution < -0.4 is 0 Å². The lowest BCUT2D eigenvalue weighted by Crippen LogP contribution is -2.32. The Labute approximate surface area is 120 Å². The van der Waals surface area contributed by atoms with Crippen molar-refractivity contribution in [3.8, 4) is 0 Å². The van der Waals surface area contributed by atoms with E-state index in [1.165, 1.54) is 11.1 Å². The third-order valence-electron chi connectivity index (χ3n) is 3.76. The summed E-state index contributed by atoms with van der Waals surface area (Å²) in [4.78, 5) is 1.14. The van der Waals surface area contributed by atoms with Crippen molar-refractivity contribution in [2.45, 2.75) is 43.3 Å². The molecule has 1 saturated heterocycles. The van der Waals surface area contributed by atoms with Crippen LogP contribution in [0.3, 0.4) is 0 Å². The topological polar surface area (TPSA) is 18.5 Å². The molecule has 19 heavy (non-hydrogen) atoms. The molecule has 0 amide bonds. The van der Waals surface area contributed by atoms with Crippen molar-refractivity contribution >= 4 is 11.8 Å². The molecule has 0 aromatic heterocycles. The fourth-order valence-electron chi connectivity index (χ4n) is 2.56. The Hall–Kier alpha value is -0.770. The molecule has 1 heterocycles. The van der Waals surface area contributed by atoms with Crippen LogP contribution in [0, 0.1) is 6.92 Å². The number of thioether (sulfide) groups is 1. The van der Waals surface area contributed by atoms with E-state index in [-0.39, 0.29) is 5.79 Å². The number of rotatable bonds is 2. The number of aryl methyl sites for hydroxylation is 1. The first-order valence-corrected chi connectivity index (χ1v) is 7.70. The maximum Gasteiger partial charge on any atom is 0.169 e. The fourth-order valence-corrected chi connectivity index (χ4v) is 3.30. The van der Waals surface area contributed by atoms with E-state index in [1.807, 2.05) is 0 Å².